The Bertz CT molecular complexity index is 1720. The summed E-state index contributed by atoms with van der Waals surface area (Å²) in [5.41, 5.74) is 16.1. The molecule has 6 N–H and O–H groups in total. The Morgan fingerprint density at radius 2 is 1.72 bits per heavy atom. The van der Waals surface area contributed by atoms with Crippen LogP contribution >= 0.6 is 12.4 Å². The minimum absolute atomic E-state index is 0. The molecule has 1 saturated carbocycles. The van der Waals surface area contributed by atoms with Gasteiger partial charge in [-0.05, 0) is 98.6 Å². The Kier molecular flexibility index (Phi) is 10.6. The van der Waals surface area contributed by atoms with Crippen molar-refractivity contribution in [1.29, 1.82) is 0 Å². The molecule has 2 aromatic heterocycles. The lowest BCUT2D eigenvalue weighted by atomic mass is 9.81. The van der Waals surface area contributed by atoms with Crippen LogP contribution in [0.5, 0.6) is 0 Å². The maximum Gasteiger partial charge on any atom is 0.271 e. The van der Waals surface area contributed by atoms with Crippen molar-refractivity contribution < 1.29 is 9.59 Å². The van der Waals surface area contributed by atoms with Crippen molar-refractivity contribution in [3.05, 3.63) is 76.7 Å². The average Bonchev–Trinajstić information content (AvgIpc) is 3.45. The number of halogens is 1. The maximum absolute atomic E-state index is 14.1. The highest BCUT2D eigenvalue weighted by Crippen LogP contribution is 2.32. The second-order valence-electron chi connectivity index (χ2n) is 12.5. The summed E-state index contributed by atoms with van der Waals surface area (Å²) in [5.74, 6) is 0.324. The topological polar surface area (TPSA) is 157 Å². The summed E-state index contributed by atoms with van der Waals surface area (Å²) < 4.78 is 0. The highest BCUT2D eigenvalue weighted by atomic mass is 35.5. The molecular weight excluding hydrogens is 604 g/mol. The zero-order valence-corrected chi connectivity index (χ0v) is 27.0. The van der Waals surface area contributed by atoms with Gasteiger partial charge in [-0.15, -0.1) is 12.4 Å². The van der Waals surface area contributed by atoms with E-state index in [9.17, 15) is 14.4 Å². The minimum Gasteiger partial charge on any atom is -0.354 e. The molecule has 1 atom stereocenters. The third-order valence-electron chi connectivity index (χ3n) is 9.39. The SMILES string of the molecule is CN1CCN(c2cc(-c3cccc(C[C@H](N)C(=O)N(C(=O)C4CCC(CN)CC4)c4ccc5c(=O)[nH][nH]c5c4)c3)ccn2)CC1.Cl. The number of benzene rings is 2. The molecule has 46 heavy (non-hydrogen) atoms. The number of hydrogen-bond donors (Lipinski definition) is 4. The molecule has 2 aromatic carbocycles. The van der Waals surface area contributed by atoms with Gasteiger partial charge in [0.1, 0.15) is 5.82 Å². The molecule has 1 saturated heterocycles. The van der Waals surface area contributed by atoms with Crippen LogP contribution in [0.1, 0.15) is 31.2 Å². The van der Waals surface area contributed by atoms with E-state index in [1.54, 1.807) is 18.2 Å². The molecule has 4 aromatic rings. The number of carbonyl (C=O) groups excluding carboxylic acids is 2. The Hall–Kier alpha value is -4.03. The zero-order chi connectivity index (χ0) is 31.5. The van der Waals surface area contributed by atoms with Crippen LogP contribution in [0.4, 0.5) is 11.5 Å². The number of pyridine rings is 1. The number of nitrogens with two attached hydrogens (primary N) is 2. The molecule has 2 fully saturated rings. The number of amides is 2. The first-order valence-electron chi connectivity index (χ1n) is 15.8. The second kappa shape index (κ2) is 14.6. The molecule has 1 aliphatic heterocycles. The van der Waals surface area contributed by atoms with Gasteiger partial charge >= 0.3 is 0 Å². The van der Waals surface area contributed by atoms with Gasteiger partial charge < -0.3 is 21.3 Å². The van der Waals surface area contributed by atoms with E-state index < -0.39 is 11.9 Å². The number of aromatic amines is 2. The van der Waals surface area contributed by atoms with Gasteiger partial charge in [-0.1, -0.05) is 24.3 Å². The van der Waals surface area contributed by atoms with Gasteiger partial charge in [0.25, 0.3) is 11.5 Å². The predicted molar refractivity (Wildman–Crippen MR) is 184 cm³/mol. The largest absolute Gasteiger partial charge is 0.354 e. The van der Waals surface area contributed by atoms with E-state index in [0.717, 1.165) is 61.5 Å². The van der Waals surface area contributed by atoms with Crippen LogP contribution in [0, 0.1) is 11.8 Å². The summed E-state index contributed by atoms with van der Waals surface area (Å²) in [4.78, 5) is 50.6. The van der Waals surface area contributed by atoms with Crippen molar-refractivity contribution in [2.24, 2.45) is 23.3 Å². The van der Waals surface area contributed by atoms with E-state index >= 15 is 0 Å². The number of rotatable bonds is 8. The molecule has 11 nitrogen and oxygen atoms in total. The smallest absolute Gasteiger partial charge is 0.271 e. The minimum atomic E-state index is -0.955. The first kappa shape index (κ1) is 33.3. The summed E-state index contributed by atoms with van der Waals surface area (Å²) in [5, 5.41) is 5.84. The molecule has 0 unspecified atom stereocenters. The van der Waals surface area contributed by atoms with Gasteiger partial charge in [-0.2, -0.15) is 0 Å². The Labute approximate surface area is 274 Å². The van der Waals surface area contributed by atoms with Gasteiger partial charge in [-0.25, -0.2) is 9.88 Å². The van der Waals surface area contributed by atoms with Crippen LogP contribution in [0.15, 0.2) is 65.6 Å². The lowest BCUT2D eigenvalue weighted by Crippen LogP contribution is -2.50. The molecule has 2 amide bonds. The molecular formula is C34H43ClN8O3. The van der Waals surface area contributed by atoms with Crippen molar-refractivity contribution >= 4 is 46.6 Å². The van der Waals surface area contributed by atoms with Crippen molar-refractivity contribution in [2.45, 2.75) is 38.1 Å². The molecule has 3 heterocycles. The molecule has 6 rings (SSSR count). The highest BCUT2D eigenvalue weighted by molar-refractivity contribution is 6.17. The number of nitrogens with one attached hydrogen (secondary N) is 2. The molecule has 1 aliphatic carbocycles. The van der Waals surface area contributed by atoms with E-state index in [1.165, 1.54) is 4.90 Å². The van der Waals surface area contributed by atoms with Crippen molar-refractivity contribution in [1.82, 2.24) is 20.1 Å². The lowest BCUT2D eigenvalue weighted by molar-refractivity contribution is -0.130. The number of fused-ring (bicyclic) bond motifs is 1. The number of aromatic nitrogens is 3. The summed E-state index contributed by atoms with van der Waals surface area (Å²) in [7, 11) is 2.13. The van der Waals surface area contributed by atoms with Crippen molar-refractivity contribution in [3.63, 3.8) is 0 Å². The summed E-state index contributed by atoms with van der Waals surface area (Å²) in [6.07, 6.45) is 5.15. The number of likely N-dealkylation sites (N-methyl/N-ethyl adjacent to an activating group) is 1. The highest BCUT2D eigenvalue weighted by Gasteiger charge is 2.35. The average molecular weight is 647 g/mol. The van der Waals surface area contributed by atoms with Gasteiger partial charge in [0.2, 0.25) is 5.91 Å². The number of hydrogen-bond acceptors (Lipinski definition) is 8. The number of piperazine rings is 1. The van der Waals surface area contributed by atoms with E-state index in [1.807, 2.05) is 36.5 Å². The van der Waals surface area contributed by atoms with Gasteiger partial charge in [0.05, 0.1) is 22.6 Å². The van der Waals surface area contributed by atoms with Gasteiger partial charge in [0.15, 0.2) is 0 Å². The molecule has 12 heteroatoms. The number of anilines is 2. The van der Waals surface area contributed by atoms with Crippen LogP contribution in [-0.4, -0.2) is 77.7 Å². The van der Waals surface area contributed by atoms with E-state index in [-0.39, 0.29) is 36.2 Å². The fourth-order valence-electron chi connectivity index (χ4n) is 6.55. The van der Waals surface area contributed by atoms with E-state index in [0.29, 0.717) is 41.9 Å². The van der Waals surface area contributed by atoms with E-state index in [4.69, 9.17) is 11.5 Å². The lowest BCUT2D eigenvalue weighted by Gasteiger charge is -2.33. The van der Waals surface area contributed by atoms with Gasteiger partial charge in [-0.3, -0.25) is 24.6 Å². The predicted octanol–water partition coefficient (Wildman–Crippen LogP) is 3.29. The fourth-order valence-corrected chi connectivity index (χ4v) is 6.55. The number of imide groups is 1. The number of carbonyl (C=O) groups is 2. The maximum atomic E-state index is 14.1. The molecule has 0 radical (unpaired) electrons. The Balaban J connectivity index is 0.00000417. The Morgan fingerprint density at radius 1 is 0.978 bits per heavy atom. The third-order valence-corrected chi connectivity index (χ3v) is 9.39. The first-order valence-corrected chi connectivity index (χ1v) is 15.8. The Morgan fingerprint density at radius 3 is 2.46 bits per heavy atom. The standard InChI is InChI=1S/C34H42N8O3.ClH/c1-40-13-15-41(16-14-40)31-19-26(11-12-37-31)25-4-2-3-23(17-25)18-29(36)34(45)42(33(44)24-7-5-22(21-35)6-8-24)27-9-10-28-30(20-27)38-39-32(28)43;/h2-4,9-12,17,19-20,22,24,29H,5-8,13-16,18,21,35-36H2,1H3,(H2,38,39,43);1H/t22?,24?,29-;/m0./s1. The summed E-state index contributed by atoms with van der Waals surface area (Å²) in [6, 6.07) is 16.1. The number of H-pyrrole nitrogens is 2. The molecule has 244 valence electrons. The van der Waals surface area contributed by atoms with Crippen LogP contribution in [-0.2, 0) is 16.0 Å². The zero-order valence-electron chi connectivity index (χ0n) is 26.2. The molecule has 2 aliphatic rings. The third kappa shape index (κ3) is 7.18. The molecule has 0 bridgehead atoms. The van der Waals surface area contributed by atoms with Crippen LogP contribution in [0.2, 0.25) is 0 Å². The second-order valence-corrected chi connectivity index (χ2v) is 12.5. The quantitative estimate of drug-likeness (QED) is 0.227. The number of nitrogens with zero attached hydrogens (tertiary/aromatic N) is 4. The van der Waals surface area contributed by atoms with Crippen LogP contribution in [0.25, 0.3) is 22.0 Å². The van der Waals surface area contributed by atoms with E-state index in [2.05, 4.69) is 38.1 Å². The van der Waals surface area contributed by atoms with Gasteiger partial charge in [0, 0.05) is 38.3 Å². The summed E-state index contributed by atoms with van der Waals surface area (Å²) >= 11 is 0. The van der Waals surface area contributed by atoms with Crippen LogP contribution in [0.3, 0.4) is 0 Å². The monoisotopic (exact) mass is 646 g/mol. The van der Waals surface area contributed by atoms with Crippen molar-refractivity contribution in [2.75, 3.05) is 49.6 Å². The summed E-state index contributed by atoms with van der Waals surface area (Å²) in [6.45, 7) is 4.46. The fraction of sp³-hybridized carbons (Fsp3) is 0.412. The first-order chi connectivity index (χ1) is 21.8. The van der Waals surface area contributed by atoms with Crippen molar-refractivity contribution in [3.8, 4) is 11.1 Å². The normalized spacial score (nSPS) is 19.4. The van der Waals surface area contributed by atoms with Crippen LogP contribution < -0.4 is 26.8 Å². The molecule has 0 spiro atoms.